The third kappa shape index (κ3) is 3.94. The molecular weight excluding hydrogens is 391 g/mol. The van der Waals surface area contributed by atoms with E-state index >= 15 is 0 Å². The minimum Gasteiger partial charge on any atom is -0.261 e. The van der Waals surface area contributed by atoms with E-state index in [1.165, 1.54) is 42.5 Å². The first-order chi connectivity index (χ1) is 13.2. The first-order valence-corrected chi connectivity index (χ1v) is 9.64. The number of halogens is 3. The Hall–Kier alpha value is -3.07. The number of alkyl halides is 3. The van der Waals surface area contributed by atoms with Crippen LogP contribution >= 0.6 is 0 Å². The van der Waals surface area contributed by atoms with Crippen molar-refractivity contribution in [2.24, 2.45) is 0 Å². The van der Waals surface area contributed by atoms with Gasteiger partial charge in [0, 0.05) is 0 Å². The average molecular weight is 407 g/mol. The summed E-state index contributed by atoms with van der Waals surface area (Å²) in [5, 5.41) is 3.89. The van der Waals surface area contributed by atoms with E-state index in [2.05, 4.69) is 16.4 Å². The van der Waals surface area contributed by atoms with Gasteiger partial charge >= 0.3 is 6.18 Å². The normalized spacial score (nSPS) is 12.0. The number of anilines is 1. The van der Waals surface area contributed by atoms with E-state index in [-0.39, 0.29) is 22.6 Å². The second kappa shape index (κ2) is 7.51. The summed E-state index contributed by atoms with van der Waals surface area (Å²) in [7, 11) is -4.13. The summed E-state index contributed by atoms with van der Waals surface area (Å²) >= 11 is 0. The molecule has 0 saturated heterocycles. The predicted molar refractivity (Wildman–Crippen MR) is 100 cm³/mol. The molecule has 1 heterocycles. The van der Waals surface area contributed by atoms with Gasteiger partial charge in [0.05, 0.1) is 17.0 Å². The molecule has 0 aliphatic rings. The van der Waals surface area contributed by atoms with Crippen LogP contribution in [0.15, 0.2) is 78.2 Å². The van der Waals surface area contributed by atoms with Gasteiger partial charge in [0.2, 0.25) is 0 Å². The van der Waals surface area contributed by atoms with Crippen LogP contribution in [-0.4, -0.2) is 18.2 Å². The SMILES string of the molecule is C=CCn1nc(NS(=O)(=O)c2ccccc2)c(-c2ccccc2)c1C(F)(F)F. The average Bonchev–Trinajstić information content (AvgIpc) is 3.01. The van der Waals surface area contributed by atoms with Gasteiger partial charge in [-0.15, -0.1) is 6.58 Å². The molecule has 0 bridgehead atoms. The highest BCUT2D eigenvalue weighted by Crippen LogP contribution is 2.41. The Balaban J connectivity index is 2.22. The lowest BCUT2D eigenvalue weighted by Gasteiger charge is -2.12. The van der Waals surface area contributed by atoms with E-state index in [1.54, 1.807) is 24.3 Å². The van der Waals surface area contributed by atoms with Gasteiger partial charge in [-0.1, -0.05) is 54.6 Å². The van der Waals surface area contributed by atoms with Crippen LogP contribution in [0.1, 0.15) is 5.69 Å². The Morgan fingerprint density at radius 3 is 2.14 bits per heavy atom. The maximum atomic E-state index is 13.8. The van der Waals surface area contributed by atoms with Crippen molar-refractivity contribution in [3.63, 3.8) is 0 Å². The third-order valence-corrected chi connectivity index (χ3v) is 5.22. The van der Waals surface area contributed by atoms with E-state index in [0.29, 0.717) is 4.68 Å². The molecule has 0 saturated carbocycles. The molecule has 0 unspecified atom stereocenters. The summed E-state index contributed by atoms with van der Waals surface area (Å²) in [5.41, 5.74) is -1.20. The van der Waals surface area contributed by atoms with Crippen molar-refractivity contribution in [1.29, 1.82) is 0 Å². The fourth-order valence-electron chi connectivity index (χ4n) is 2.74. The molecule has 0 amide bonds. The van der Waals surface area contributed by atoms with Gasteiger partial charge in [0.1, 0.15) is 0 Å². The zero-order chi connectivity index (χ0) is 20.4. The Morgan fingerprint density at radius 1 is 1.04 bits per heavy atom. The van der Waals surface area contributed by atoms with Crippen molar-refractivity contribution in [2.75, 3.05) is 4.72 Å². The maximum absolute atomic E-state index is 13.8. The number of hydrogen-bond donors (Lipinski definition) is 1. The minimum absolute atomic E-state index is 0.0826. The predicted octanol–water partition coefficient (Wildman–Crippen LogP) is 4.56. The molecule has 0 spiro atoms. The molecule has 9 heteroatoms. The molecule has 0 radical (unpaired) electrons. The first-order valence-electron chi connectivity index (χ1n) is 8.16. The number of hydrogen-bond acceptors (Lipinski definition) is 3. The number of rotatable bonds is 6. The van der Waals surface area contributed by atoms with E-state index in [0.717, 1.165) is 0 Å². The number of allylic oxidation sites excluding steroid dienone is 1. The van der Waals surface area contributed by atoms with Crippen LogP contribution in [0, 0.1) is 0 Å². The summed E-state index contributed by atoms with van der Waals surface area (Å²) in [6.07, 6.45) is -3.50. The monoisotopic (exact) mass is 407 g/mol. The zero-order valence-corrected chi connectivity index (χ0v) is 15.3. The number of nitrogens with one attached hydrogen (secondary N) is 1. The summed E-state index contributed by atoms with van der Waals surface area (Å²) < 4.78 is 69.6. The summed E-state index contributed by atoms with van der Waals surface area (Å²) in [6.45, 7) is 3.21. The van der Waals surface area contributed by atoms with Gasteiger partial charge in [-0.2, -0.15) is 18.3 Å². The molecule has 2 aromatic carbocycles. The van der Waals surface area contributed by atoms with Crippen molar-refractivity contribution in [2.45, 2.75) is 17.6 Å². The first kappa shape index (κ1) is 19.7. The van der Waals surface area contributed by atoms with Gasteiger partial charge in [-0.05, 0) is 17.7 Å². The van der Waals surface area contributed by atoms with Crippen LogP contribution in [0.3, 0.4) is 0 Å². The second-order valence-electron chi connectivity index (χ2n) is 5.83. The summed E-state index contributed by atoms with van der Waals surface area (Å²) in [4.78, 5) is -0.0826. The van der Waals surface area contributed by atoms with Gasteiger partial charge in [0.25, 0.3) is 10.0 Å². The number of aromatic nitrogens is 2. The van der Waals surface area contributed by atoms with Crippen molar-refractivity contribution in [3.05, 3.63) is 79.0 Å². The standard InChI is InChI=1S/C19H16F3N3O2S/c1-2-13-25-17(19(20,21)22)16(14-9-5-3-6-10-14)18(23-25)24-28(26,27)15-11-7-4-8-12-15/h2-12H,1,13H2,(H,23,24). The molecule has 0 aliphatic heterocycles. The van der Waals surface area contributed by atoms with Crippen molar-refractivity contribution < 1.29 is 21.6 Å². The lowest BCUT2D eigenvalue weighted by Crippen LogP contribution is -2.15. The third-order valence-electron chi connectivity index (χ3n) is 3.87. The fourth-order valence-corrected chi connectivity index (χ4v) is 3.77. The molecule has 0 aliphatic carbocycles. The maximum Gasteiger partial charge on any atom is 0.433 e. The molecule has 1 N–H and O–H groups in total. The van der Waals surface area contributed by atoms with Crippen molar-refractivity contribution >= 4 is 15.8 Å². The minimum atomic E-state index is -4.75. The van der Waals surface area contributed by atoms with Crippen LogP contribution < -0.4 is 4.72 Å². The van der Waals surface area contributed by atoms with Crippen LogP contribution in [0.2, 0.25) is 0 Å². The Labute approximate surface area is 160 Å². The quantitative estimate of drug-likeness (QED) is 0.610. The van der Waals surface area contributed by atoms with Crippen LogP contribution in [0.4, 0.5) is 19.0 Å². The molecule has 1 aromatic heterocycles. The van der Waals surface area contributed by atoms with Gasteiger partial charge in [-0.3, -0.25) is 9.40 Å². The number of nitrogens with zero attached hydrogens (tertiary/aromatic N) is 2. The van der Waals surface area contributed by atoms with Gasteiger partial charge < -0.3 is 0 Å². The van der Waals surface area contributed by atoms with Crippen LogP contribution in [0.5, 0.6) is 0 Å². The van der Waals surface area contributed by atoms with E-state index in [1.807, 2.05) is 0 Å². The van der Waals surface area contributed by atoms with Crippen LogP contribution in [-0.2, 0) is 22.7 Å². The molecule has 28 heavy (non-hydrogen) atoms. The van der Waals surface area contributed by atoms with E-state index in [4.69, 9.17) is 0 Å². The molecule has 146 valence electrons. The lowest BCUT2D eigenvalue weighted by molar-refractivity contribution is -0.143. The molecular formula is C19H16F3N3O2S. The smallest absolute Gasteiger partial charge is 0.261 e. The number of benzene rings is 2. The number of sulfonamides is 1. The molecule has 5 nitrogen and oxygen atoms in total. The fraction of sp³-hybridized carbons (Fsp3) is 0.105. The summed E-state index contributed by atoms with van der Waals surface area (Å²) in [5.74, 6) is -0.399. The Bertz CT molecular complexity index is 1080. The lowest BCUT2D eigenvalue weighted by atomic mass is 10.1. The highest BCUT2D eigenvalue weighted by atomic mass is 32.2. The highest BCUT2D eigenvalue weighted by Gasteiger charge is 2.41. The van der Waals surface area contributed by atoms with E-state index in [9.17, 15) is 21.6 Å². The van der Waals surface area contributed by atoms with Crippen molar-refractivity contribution in [1.82, 2.24) is 9.78 Å². The Morgan fingerprint density at radius 2 is 1.61 bits per heavy atom. The highest BCUT2D eigenvalue weighted by molar-refractivity contribution is 7.92. The zero-order valence-electron chi connectivity index (χ0n) is 14.5. The molecule has 0 atom stereocenters. The van der Waals surface area contributed by atoms with Gasteiger partial charge in [0.15, 0.2) is 11.5 Å². The largest absolute Gasteiger partial charge is 0.433 e. The van der Waals surface area contributed by atoms with Crippen molar-refractivity contribution in [3.8, 4) is 11.1 Å². The topological polar surface area (TPSA) is 64.0 Å². The van der Waals surface area contributed by atoms with Crippen LogP contribution in [0.25, 0.3) is 11.1 Å². The second-order valence-corrected chi connectivity index (χ2v) is 7.51. The Kier molecular flexibility index (Phi) is 5.28. The molecule has 3 aromatic rings. The molecule has 0 fully saturated rings. The van der Waals surface area contributed by atoms with Gasteiger partial charge in [-0.25, -0.2) is 8.42 Å². The molecule has 3 rings (SSSR count). The summed E-state index contributed by atoms with van der Waals surface area (Å²) in [6, 6.07) is 15.1. The van der Waals surface area contributed by atoms with E-state index < -0.39 is 27.7 Å².